The molecular formula is C16H23N3O2S. The average Bonchev–Trinajstić information content (AvgIpc) is 2.73. The fourth-order valence-corrected chi connectivity index (χ4v) is 4.68. The molecule has 120 valence electrons. The van der Waals surface area contributed by atoms with Gasteiger partial charge in [0, 0.05) is 18.7 Å². The van der Waals surface area contributed by atoms with Crippen LogP contribution >= 0.6 is 0 Å². The summed E-state index contributed by atoms with van der Waals surface area (Å²) in [6, 6.07) is 5.66. The Hall–Kier alpha value is -1.82. The van der Waals surface area contributed by atoms with E-state index in [2.05, 4.69) is 5.10 Å². The molecule has 0 aliphatic heterocycles. The lowest BCUT2D eigenvalue weighted by molar-refractivity contribution is 0.565. The highest BCUT2D eigenvalue weighted by atomic mass is 32.2. The molecule has 0 bridgehead atoms. The second-order valence-electron chi connectivity index (χ2n) is 5.94. The zero-order chi connectivity index (χ0) is 16.7. The van der Waals surface area contributed by atoms with Crippen LogP contribution in [0.1, 0.15) is 30.5 Å². The fraction of sp³-hybridized carbons (Fsp3) is 0.438. The van der Waals surface area contributed by atoms with E-state index < -0.39 is 10.0 Å². The molecule has 0 unspecified atom stereocenters. The molecule has 5 nitrogen and oxygen atoms in total. The van der Waals surface area contributed by atoms with E-state index >= 15 is 0 Å². The van der Waals surface area contributed by atoms with Crippen molar-refractivity contribution in [2.75, 3.05) is 4.31 Å². The molecule has 0 saturated carbocycles. The molecule has 1 aromatic carbocycles. The highest BCUT2D eigenvalue weighted by molar-refractivity contribution is 7.92. The second kappa shape index (κ2) is 5.76. The SMILES string of the molecule is Cc1ccc(C)c(N(C(C)C)S(=O)(=O)c2c(C)cnn2C)c1. The molecule has 2 rings (SSSR count). The van der Waals surface area contributed by atoms with E-state index in [1.165, 1.54) is 8.99 Å². The number of aryl methyl sites for hydroxylation is 4. The van der Waals surface area contributed by atoms with Crippen LogP contribution in [0.2, 0.25) is 0 Å². The molecule has 1 aromatic heterocycles. The molecule has 0 radical (unpaired) electrons. The Morgan fingerprint density at radius 1 is 1.14 bits per heavy atom. The van der Waals surface area contributed by atoms with Crippen LogP contribution < -0.4 is 4.31 Å². The molecule has 0 aliphatic rings. The van der Waals surface area contributed by atoms with Gasteiger partial charge in [-0.2, -0.15) is 13.5 Å². The van der Waals surface area contributed by atoms with Crippen molar-refractivity contribution in [3.05, 3.63) is 41.1 Å². The maximum Gasteiger partial charge on any atom is 0.282 e. The Balaban J connectivity index is 2.70. The average molecular weight is 321 g/mol. The van der Waals surface area contributed by atoms with Gasteiger partial charge in [-0.15, -0.1) is 0 Å². The highest BCUT2D eigenvalue weighted by Gasteiger charge is 2.32. The molecule has 2 aromatic rings. The van der Waals surface area contributed by atoms with Crippen molar-refractivity contribution in [1.82, 2.24) is 9.78 Å². The Labute approximate surface area is 132 Å². The van der Waals surface area contributed by atoms with Gasteiger partial charge in [-0.25, -0.2) is 0 Å². The molecule has 0 saturated heterocycles. The lowest BCUT2D eigenvalue weighted by Crippen LogP contribution is -2.38. The Morgan fingerprint density at radius 3 is 2.27 bits per heavy atom. The molecular weight excluding hydrogens is 298 g/mol. The van der Waals surface area contributed by atoms with Gasteiger partial charge in [-0.05, 0) is 51.8 Å². The second-order valence-corrected chi connectivity index (χ2v) is 7.67. The van der Waals surface area contributed by atoms with Crippen molar-refractivity contribution >= 4 is 15.7 Å². The van der Waals surface area contributed by atoms with Crippen LogP contribution in [0.3, 0.4) is 0 Å². The van der Waals surface area contributed by atoms with Crippen LogP contribution in [0, 0.1) is 20.8 Å². The number of nitrogens with zero attached hydrogens (tertiary/aromatic N) is 3. The standard InChI is InChI=1S/C16H23N3O2S/c1-11(2)19(15-9-12(3)7-8-13(15)4)22(20,21)16-14(5)10-17-18(16)6/h7-11H,1-6H3. The number of benzene rings is 1. The first-order chi connectivity index (χ1) is 10.2. The molecule has 0 spiro atoms. The van der Waals surface area contributed by atoms with Gasteiger partial charge in [0.1, 0.15) is 0 Å². The van der Waals surface area contributed by atoms with E-state index in [-0.39, 0.29) is 11.1 Å². The lowest BCUT2D eigenvalue weighted by atomic mass is 10.1. The van der Waals surface area contributed by atoms with Crippen molar-refractivity contribution in [2.24, 2.45) is 7.05 Å². The first-order valence-electron chi connectivity index (χ1n) is 7.26. The monoisotopic (exact) mass is 321 g/mol. The Morgan fingerprint density at radius 2 is 1.77 bits per heavy atom. The summed E-state index contributed by atoms with van der Waals surface area (Å²) >= 11 is 0. The Bertz CT molecular complexity index is 772. The third-order valence-electron chi connectivity index (χ3n) is 3.63. The normalized spacial score (nSPS) is 12.0. The number of hydrogen-bond donors (Lipinski definition) is 0. The maximum atomic E-state index is 13.2. The van der Waals surface area contributed by atoms with Crippen molar-refractivity contribution in [3.63, 3.8) is 0 Å². The van der Waals surface area contributed by atoms with Crippen LogP contribution in [-0.4, -0.2) is 24.2 Å². The zero-order valence-corrected chi connectivity index (χ0v) is 14.8. The number of anilines is 1. The van der Waals surface area contributed by atoms with Crippen LogP contribution in [-0.2, 0) is 17.1 Å². The van der Waals surface area contributed by atoms with Crippen molar-refractivity contribution < 1.29 is 8.42 Å². The minimum Gasteiger partial charge on any atom is -0.262 e. The summed E-state index contributed by atoms with van der Waals surface area (Å²) in [6.07, 6.45) is 1.58. The van der Waals surface area contributed by atoms with Gasteiger partial charge in [-0.3, -0.25) is 8.99 Å². The maximum absolute atomic E-state index is 13.2. The molecule has 0 amide bonds. The zero-order valence-electron chi connectivity index (χ0n) is 14.0. The van der Waals surface area contributed by atoms with Crippen molar-refractivity contribution in [3.8, 4) is 0 Å². The molecule has 0 N–H and O–H groups in total. The summed E-state index contributed by atoms with van der Waals surface area (Å²) < 4.78 is 29.3. The summed E-state index contributed by atoms with van der Waals surface area (Å²) in [6.45, 7) is 9.41. The Kier molecular flexibility index (Phi) is 4.33. The first kappa shape index (κ1) is 16.5. The van der Waals surface area contributed by atoms with Gasteiger partial charge < -0.3 is 0 Å². The van der Waals surface area contributed by atoms with Crippen LogP contribution in [0.4, 0.5) is 5.69 Å². The van der Waals surface area contributed by atoms with E-state index in [1.807, 2.05) is 45.9 Å². The summed E-state index contributed by atoms with van der Waals surface area (Å²) in [7, 11) is -2.02. The molecule has 1 heterocycles. The van der Waals surface area contributed by atoms with E-state index in [9.17, 15) is 8.42 Å². The number of hydrogen-bond acceptors (Lipinski definition) is 3. The molecule has 0 aliphatic carbocycles. The molecule has 0 atom stereocenters. The van der Waals surface area contributed by atoms with Gasteiger partial charge in [-0.1, -0.05) is 12.1 Å². The van der Waals surface area contributed by atoms with E-state index in [4.69, 9.17) is 0 Å². The smallest absolute Gasteiger partial charge is 0.262 e. The van der Waals surface area contributed by atoms with Crippen LogP contribution in [0.5, 0.6) is 0 Å². The van der Waals surface area contributed by atoms with Gasteiger partial charge in [0.05, 0.1) is 11.9 Å². The van der Waals surface area contributed by atoms with Crippen molar-refractivity contribution in [2.45, 2.75) is 45.7 Å². The highest BCUT2D eigenvalue weighted by Crippen LogP contribution is 2.30. The molecule has 6 heteroatoms. The molecule has 0 fully saturated rings. The van der Waals surface area contributed by atoms with Crippen LogP contribution in [0.25, 0.3) is 0 Å². The summed E-state index contributed by atoms with van der Waals surface area (Å²) in [4.78, 5) is 0. The predicted octanol–water partition coefficient (Wildman–Crippen LogP) is 2.95. The van der Waals surface area contributed by atoms with Gasteiger partial charge in [0.2, 0.25) is 0 Å². The van der Waals surface area contributed by atoms with E-state index in [1.54, 1.807) is 20.2 Å². The van der Waals surface area contributed by atoms with Gasteiger partial charge in [0.15, 0.2) is 5.03 Å². The van der Waals surface area contributed by atoms with Gasteiger partial charge in [0.25, 0.3) is 10.0 Å². The van der Waals surface area contributed by atoms with Crippen molar-refractivity contribution in [1.29, 1.82) is 0 Å². The van der Waals surface area contributed by atoms with Gasteiger partial charge >= 0.3 is 0 Å². The fourth-order valence-electron chi connectivity index (χ4n) is 2.64. The van der Waals surface area contributed by atoms with Crippen LogP contribution in [0.15, 0.2) is 29.4 Å². The topological polar surface area (TPSA) is 55.2 Å². The summed E-state index contributed by atoms with van der Waals surface area (Å²) in [5, 5.41) is 4.31. The number of sulfonamides is 1. The third kappa shape index (κ3) is 2.75. The minimum absolute atomic E-state index is 0.195. The lowest BCUT2D eigenvalue weighted by Gasteiger charge is -2.30. The number of aromatic nitrogens is 2. The molecule has 22 heavy (non-hydrogen) atoms. The number of rotatable bonds is 4. The third-order valence-corrected chi connectivity index (χ3v) is 5.84. The van der Waals surface area contributed by atoms with E-state index in [0.29, 0.717) is 5.56 Å². The first-order valence-corrected chi connectivity index (χ1v) is 8.70. The summed E-state index contributed by atoms with van der Waals surface area (Å²) in [5.74, 6) is 0. The predicted molar refractivity (Wildman–Crippen MR) is 88.7 cm³/mol. The van der Waals surface area contributed by atoms with E-state index in [0.717, 1.165) is 16.8 Å². The quantitative estimate of drug-likeness (QED) is 0.870. The minimum atomic E-state index is -3.68. The summed E-state index contributed by atoms with van der Waals surface area (Å²) in [5.41, 5.74) is 3.33. The largest absolute Gasteiger partial charge is 0.282 e.